The van der Waals surface area contributed by atoms with Crippen molar-refractivity contribution in [3.63, 3.8) is 0 Å². The summed E-state index contributed by atoms with van der Waals surface area (Å²) in [6.45, 7) is 1.88. The highest BCUT2D eigenvalue weighted by atomic mass is 35.5. The summed E-state index contributed by atoms with van der Waals surface area (Å²) in [6, 6.07) is 4.98. The molecule has 6 heteroatoms. The lowest BCUT2D eigenvalue weighted by molar-refractivity contribution is 0.684. The van der Waals surface area contributed by atoms with Crippen LogP contribution in [0.4, 0.5) is 5.69 Å². The van der Waals surface area contributed by atoms with Crippen LogP contribution in [0.2, 0.25) is 5.02 Å². The first kappa shape index (κ1) is 13.9. The van der Waals surface area contributed by atoms with Gasteiger partial charge >= 0.3 is 0 Å². The number of hydrogen-bond acceptors (Lipinski definition) is 4. The van der Waals surface area contributed by atoms with Gasteiger partial charge in [-0.2, -0.15) is 0 Å². The lowest BCUT2D eigenvalue weighted by atomic mass is 9.89. The molecule has 98 valence electrons. The molecule has 0 saturated heterocycles. The van der Waals surface area contributed by atoms with Crippen molar-refractivity contribution in [2.75, 3.05) is 0 Å². The first-order valence-electron chi connectivity index (χ1n) is 5.63. The molecule has 1 aliphatic carbocycles. The van der Waals surface area contributed by atoms with Crippen molar-refractivity contribution in [2.45, 2.75) is 13.3 Å². The lowest BCUT2D eigenvalue weighted by Crippen LogP contribution is -2.05. The van der Waals surface area contributed by atoms with Crippen LogP contribution in [0.1, 0.15) is 18.9 Å². The van der Waals surface area contributed by atoms with E-state index in [-0.39, 0.29) is 11.6 Å². The zero-order valence-corrected chi connectivity index (χ0v) is 11.6. The molecule has 0 saturated carbocycles. The maximum atomic E-state index is 10.7. The second-order valence-corrected chi connectivity index (χ2v) is 5.17. The van der Waals surface area contributed by atoms with Gasteiger partial charge in [0.05, 0.1) is 10.1 Å². The molecule has 0 aromatic heterocycles. The van der Waals surface area contributed by atoms with Crippen LogP contribution in [0.15, 0.2) is 45.4 Å². The molecule has 1 unspecified atom stereocenters. The van der Waals surface area contributed by atoms with Gasteiger partial charge in [0, 0.05) is 5.92 Å². The third-order valence-corrected chi connectivity index (χ3v) is 3.66. The summed E-state index contributed by atoms with van der Waals surface area (Å²) in [5, 5.41) is 6.41. The zero-order valence-electron chi connectivity index (χ0n) is 10.1. The quantitative estimate of drug-likeness (QED) is 0.703. The molecule has 0 N–H and O–H groups in total. The number of rotatable bonds is 3. The predicted molar refractivity (Wildman–Crippen MR) is 77.3 cm³/mol. The first-order valence-corrected chi connectivity index (χ1v) is 6.39. The second-order valence-electron chi connectivity index (χ2n) is 4.36. The second kappa shape index (κ2) is 5.63. The van der Waals surface area contributed by atoms with E-state index in [2.05, 4.69) is 10.4 Å². The van der Waals surface area contributed by atoms with E-state index in [9.17, 15) is 9.81 Å². The Bertz CT molecular complexity index is 609. The van der Waals surface area contributed by atoms with Crippen LogP contribution in [-0.2, 0) is 0 Å². The maximum Gasteiger partial charge on any atom is 0.126 e. The van der Waals surface area contributed by atoms with Gasteiger partial charge in [-0.3, -0.25) is 0 Å². The van der Waals surface area contributed by atoms with Crippen molar-refractivity contribution in [1.82, 2.24) is 0 Å². The average Bonchev–Trinajstić information content (AvgIpc) is 2.38. The fraction of sp³-hybridized carbons (Fsp3) is 0.231. The third kappa shape index (κ3) is 2.74. The number of halogens is 2. The van der Waals surface area contributed by atoms with Crippen LogP contribution in [0.5, 0.6) is 0 Å². The summed E-state index contributed by atoms with van der Waals surface area (Å²) < 4.78 is 0. The highest BCUT2D eigenvalue weighted by Gasteiger charge is 2.21. The van der Waals surface area contributed by atoms with E-state index in [1.165, 1.54) is 0 Å². The Balaban J connectivity index is 2.43. The summed E-state index contributed by atoms with van der Waals surface area (Å²) in [5.74, 6) is -0.0485. The molecule has 1 aliphatic rings. The summed E-state index contributed by atoms with van der Waals surface area (Å²) in [5.41, 5.74) is 2.37. The number of nitrogens with zero attached hydrogens (tertiary/aromatic N) is 2. The molecule has 0 fully saturated rings. The SMILES string of the molecule is CC1CC(c2ccc(N=O)c(Cl)c2)=CC(Cl)=C1N=O. The van der Waals surface area contributed by atoms with Crippen molar-refractivity contribution in [3.8, 4) is 0 Å². The van der Waals surface area contributed by atoms with E-state index in [4.69, 9.17) is 23.2 Å². The summed E-state index contributed by atoms with van der Waals surface area (Å²) >= 11 is 12.0. The van der Waals surface area contributed by atoms with Crippen LogP contribution in [-0.4, -0.2) is 0 Å². The first-order chi connectivity index (χ1) is 9.06. The van der Waals surface area contributed by atoms with Crippen molar-refractivity contribution in [2.24, 2.45) is 16.3 Å². The maximum absolute atomic E-state index is 10.7. The highest BCUT2D eigenvalue weighted by molar-refractivity contribution is 6.33. The van der Waals surface area contributed by atoms with E-state index in [1.807, 2.05) is 6.92 Å². The Morgan fingerprint density at radius 2 is 1.95 bits per heavy atom. The number of allylic oxidation sites excluding steroid dienone is 4. The van der Waals surface area contributed by atoms with Gasteiger partial charge < -0.3 is 0 Å². The van der Waals surface area contributed by atoms with E-state index < -0.39 is 0 Å². The van der Waals surface area contributed by atoms with E-state index in [0.717, 1.165) is 11.1 Å². The molecule has 1 atom stereocenters. The largest absolute Gasteiger partial charge is 0.145 e. The standard InChI is InChI=1S/C13H10Cl2N2O2/c1-7-4-9(6-11(15)13(7)17-19)8-2-3-12(16-18)10(14)5-8/h2-3,5-7H,4H2,1H3. The molecule has 0 heterocycles. The van der Waals surface area contributed by atoms with Gasteiger partial charge in [-0.15, -0.1) is 9.81 Å². The Kier molecular flexibility index (Phi) is 4.12. The molecule has 1 aromatic rings. The molecular weight excluding hydrogens is 287 g/mol. The predicted octanol–water partition coefficient (Wildman–Crippen LogP) is 5.38. The monoisotopic (exact) mass is 296 g/mol. The highest BCUT2D eigenvalue weighted by Crippen LogP contribution is 2.38. The van der Waals surface area contributed by atoms with Crippen LogP contribution in [0.25, 0.3) is 5.57 Å². The molecule has 4 nitrogen and oxygen atoms in total. The Hall–Kier alpha value is -1.52. The van der Waals surface area contributed by atoms with Gasteiger partial charge in [0.15, 0.2) is 0 Å². The van der Waals surface area contributed by atoms with E-state index in [0.29, 0.717) is 22.2 Å². The molecule has 19 heavy (non-hydrogen) atoms. The van der Waals surface area contributed by atoms with Crippen molar-refractivity contribution >= 4 is 34.5 Å². The van der Waals surface area contributed by atoms with Gasteiger partial charge in [-0.25, -0.2) is 0 Å². The van der Waals surface area contributed by atoms with Gasteiger partial charge in [-0.05, 0) is 46.1 Å². The van der Waals surface area contributed by atoms with E-state index in [1.54, 1.807) is 24.3 Å². The molecule has 0 amide bonds. The van der Waals surface area contributed by atoms with Crippen molar-refractivity contribution in [3.05, 3.63) is 55.4 Å². The smallest absolute Gasteiger partial charge is 0.126 e. The average molecular weight is 297 g/mol. The number of hydrogen-bond donors (Lipinski definition) is 0. The van der Waals surface area contributed by atoms with Gasteiger partial charge in [0.2, 0.25) is 0 Å². The van der Waals surface area contributed by atoms with Crippen LogP contribution < -0.4 is 0 Å². The Morgan fingerprint density at radius 3 is 2.47 bits per heavy atom. The summed E-state index contributed by atoms with van der Waals surface area (Å²) in [7, 11) is 0. The Morgan fingerprint density at radius 1 is 1.21 bits per heavy atom. The van der Waals surface area contributed by atoms with Crippen molar-refractivity contribution < 1.29 is 0 Å². The minimum Gasteiger partial charge on any atom is -0.145 e. The molecule has 0 aliphatic heterocycles. The molecular formula is C13H10Cl2N2O2. The fourth-order valence-corrected chi connectivity index (χ4v) is 2.63. The van der Waals surface area contributed by atoms with Crippen LogP contribution >= 0.6 is 23.2 Å². The van der Waals surface area contributed by atoms with Gasteiger partial charge in [0.25, 0.3) is 0 Å². The van der Waals surface area contributed by atoms with E-state index >= 15 is 0 Å². The molecule has 0 spiro atoms. The fourth-order valence-electron chi connectivity index (χ4n) is 2.06. The third-order valence-electron chi connectivity index (χ3n) is 3.05. The van der Waals surface area contributed by atoms with Crippen LogP contribution in [0, 0.1) is 15.7 Å². The number of benzene rings is 1. The number of nitroso groups, excluding NO2 is 2. The van der Waals surface area contributed by atoms with Gasteiger partial charge in [-0.1, -0.05) is 36.2 Å². The molecule has 2 rings (SSSR count). The zero-order chi connectivity index (χ0) is 14.0. The Labute approximate surface area is 120 Å². The minimum atomic E-state index is -0.0485. The topological polar surface area (TPSA) is 58.9 Å². The summed E-state index contributed by atoms with van der Waals surface area (Å²) in [6.07, 6.45) is 2.35. The molecule has 0 radical (unpaired) electrons. The van der Waals surface area contributed by atoms with Crippen LogP contribution in [0.3, 0.4) is 0 Å². The van der Waals surface area contributed by atoms with Gasteiger partial charge in [0.1, 0.15) is 11.4 Å². The molecule has 1 aromatic carbocycles. The molecule has 0 bridgehead atoms. The lowest BCUT2D eigenvalue weighted by Gasteiger charge is -2.19. The summed E-state index contributed by atoms with van der Waals surface area (Å²) in [4.78, 5) is 21.1. The normalized spacial score (nSPS) is 19.1. The minimum absolute atomic E-state index is 0.0485. The van der Waals surface area contributed by atoms with Crippen molar-refractivity contribution in [1.29, 1.82) is 0 Å².